The van der Waals surface area contributed by atoms with Gasteiger partial charge in [-0.05, 0) is 45.2 Å². The summed E-state index contributed by atoms with van der Waals surface area (Å²) in [5.74, 6) is 0. The van der Waals surface area contributed by atoms with Crippen LogP contribution in [-0.4, -0.2) is 31.9 Å². The summed E-state index contributed by atoms with van der Waals surface area (Å²) in [4.78, 5) is 0. The molecule has 3 nitrogen and oxygen atoms in total. The van der Waals surface area contributed by atoms with Gasteiger partial charge in [-0.3, -0.25) is 0 Å². The van der Waals surface area contributed by atoms with E-state index in [-0.39, 0.29) is 6.42 Å². The molecule has 0 aromatic rings. The third-order valence-electron chi connectivity index (χ3n) is 2.51. The van der Waals surface area contributed by atoms with Crippen LogP contribution in [0.15, 0.2) is 0 Å². The van der Waals surface area contributed by atoms with Gasteiger partial charge in [-0.1, -0.05) is 0 Å². The van der Waals surface area contributed by atoms with E-state index in [1.165, 1.54) is 0 Å². The van der Waals surface area contributed by atoms with Crippen LogP contribution in [0.5, 0.6) is 0 Å². The molecular weight excluding hydrogens is 297 g/mol. The molecule has 0 aromatic heterocycles. The van der Waals surface area contributed by atoms with E-state index in [9.17, 15) is 13.2 Å². The van der Waals surface area contributed by atoms with Crippen molar-refractivity contribution in [1.82, 2.24) is 0 Å². The summed E-state index contributed by atoms with van der Waals surface area (Å²) in [6, 6.07) is 0.378. The van der Waals surface area contributed by atoms with E-state index in [1.54, 1.807) is 0 Å². The van der Waals surface area contributed by atoms with Gasteiger partial charge in [0.1, 0.15) is 0 Å². The summed E-state index contributed by atoms with van der Waals surface area (Å²) >= 11 is 0. The Morgan fingerprint density at radius 2 is 1.28 bits per heavy atom. The second-order valence-electron chi connectivity index (χ2n) is 5.71. The lowest BCUT2D eigenvalue weighted by atomic mass is 10.3. The summed E-state index contributed by atoms with van der Waals surface area (Å²) in [5.41, 5.74) is 0. The van der Waals surface area contributed by atoms with Gasteiger partial charge in [0.2, 0.25) is 0 Å². The minimum absolute atomic E-state index is 0.0706. The standard InChI is InChI=1S/C9H21F3O3Si3/c1-16(2)13-17(3,4)15-18(5,14-16)8-6-7-9(10,11)12/h6-8H2,1-5H3. The van der Waals surface area contributed by atoms with Crippen LogP contribution in [-0.2, 0) is 12.3 Å². The first-order valence-corrected chi connectivity index (χ1v) is 14.2. The van der Waals surface area contributed by atoms with Gasteiger partial charge in [0.25, 0.3) is 0 Å². The van der Waals surface area contributed by atoms with Gasteiger partial charge in [0.15, 0.2) is 0 Å². The van der Waals surface area contributed by atoms with Gasteiger partial charge in [0.05, 0.1) is 0 Å². The van der Waals surface area contributed by atoms with Crippen LogP contribution in [0.2, 0.25) is 38.8 Å². The van der Waals surface area contributed by atoms with Crippen molar-refractivity contribution in [3.63, 3.8) is 0 Å². The molecule has 0 N–H and O–H groups in total. The smallest absolute Gasteiger partial charge is 0.389 e. The van der Waals surface area contributed by atoms with Crippen LogP contribution in [0, 0.1) is 0 Å². The third kappa shape index (κ3) is 5.53. The number of halogens is 3. The van der Waals surface area contributed by atoms with Crippen molar-refractivity contribution in [3.8, 4) is 0 Å². The lowest BCUT2D eigenvalue weighted by Crippen LogP contribution is -2.65. The van der Waals surface area contributed by atoms with Gasteiger partial charge < -0.3 is 12.3 Å². The van der Waals surface area contributed by atoms with E-state index in [0.717, 1.165) is 0 Å². The van der Waals surface area contributed by atoms with E-state index in [2.05, 4.69) is 0 Å². The van der Waals surface area contributed by atoms with Crippen molar-refractivity contribution < 1.29 is 25.5 Å². The van der Waals surface area contributed by atoms with E-state index in [4.69, 9.17) is 12.3 Å². The summed E-state index contributed by atoms with van der Waals surface area (Å²) in [6.07, 6.45) is -4.80. The molecule has 1 aliphatic rings. The minimum atomic E-state index is -4.10. The molecule has 0 saturated carbocycles. The molecule has 1 fully saturated rings. The molecule has 108 valence electrons. The summed E-state index contributed by atoms with van der Waals surface area (Å²) in [6.45, 7) is 9.58. The highest BCUT2D eigenvalue weighted by molar-refractivity contribution is 6.92. The van der Waals surface area contributed by atoms with Gasteiger partial charge in [-0.15, -0.1) is 0 Å². The molecule has 1 heterocycles. The Balaban J connectivity index is 2.62. The average molecular weight is 319 g/mol. The van der Waals surface area contributed by atoms with Crippen LogP contribution in [0.4, 0.5) is 13.2 Å². The Hall–Kier alpha value is 0.321. The number of rotatable bonds is 3. The first kappa shape index (κ1) is 16.4. The molecule has 0 amide bonds. The zero-order valence-corrected chi connectivity index (χ0v) is 14.5. The first-order chi connectivity index (χ1) is 7.83. The fourth-order valence-electron chi connectivity index (χ4n) is 2.41. The zero-order chi connectivity index (χ0) is 14.2. The van der Waals surface area contributed by atoms with Crippen molar-refractivity contribution in [1.29, 1.82) is 0 Å². The van der Waals surface area contributed by atoms with Crippen LogP contribution < -0.4 is 0 Å². The lowest BCUT2D eigenvalue weighted by molar-refractivity contribution is -0.134. The molecular formula is C9H21F3O3Si3. The Kier molecular flexibility index (Phi) is 4.57. The van der Waals surface area contributed by atoms with Crippen LogP contribution >= 0.6 is 0 Å². The number of alkyl halides is 3. The van der Waals surface area contributed by atoms with Crippen LogP contribution in [0.3, 0.4) is 0 Å². The second-order valence-corrected chi connectivity index (χ2v) is 16.5. The SMILES string of the molecule is C[Si]1(C)O[Si](C)(C)O[Si](C)(CCCC(F)(F)F)O1. The highest BCUT2D eigenvalue weighted by Crippen LogP contribution is 2.34. The predicted molar refractivity (Wildman–Crippen MR) is 69.9 cm³/mol. The summed E-state index contributed by atoms with van der Waals surface area (Å²) < 4.78 is 54.2. The molecule has 1 rings (SSSR count). The maximum Gasteiger partial charge on any atom is 0.389 e. The van der Waals surface area contributed by atoms with Crippen LogP contribution in [0.25, 0.3) is 0 Å². The Bertz CT molecular complexity index is 291. The van der Waals surface area contributed by atoms with Gasteiger partial charge in [0, 0.05) is 6.42 Å². The largest absolute Gasteiger partial charge is 0.416 e. The molecule has 1 saturated heterocycles. The number of hydrogen-bond acceptors (Lipinski definition) is 3. The average Bonchev–Trinajstić information content (AvgIpc) is 1.91. The Morgan fingerprint density at radius 3 is 1.67 bits per heavy atom. The topological polar surface area (TPSA) is 27.7 Å². The summed E-state index contributed by atoms with van der Waals surface area (Å²) in [5, 5.41) is 0. The Morgan fingerprint density at radius 1 is 0.833 bits per heavy atom. The highest BCUT2D eigenvalue weighted by Gasteiger charge is 2.52. The second kappa shape index (κ2) is 5.02. The number of hydrogen-bond donors (Lipinski definition) is 0. The molecule has 0 atom stereocenters. The lowest BCUT2D eigenvalue weighted by Gasteiger charge is -2.48. The zero-order valence-electron chi connectivity index (χ0n) is 11.5. The molecule has 18 heavy (non-hydrogen) atoms. The fraction of sp³-hybridized carbons (Fsp3) is 1.00. The van der Waals surface area contributed by atoms with Crippen molar-refractivity contribution in [2.45, 2.75) is 57.8 Å². The quantitative estimate of drug-likeness (QED) is 0.739. The fourth-order valence-corrected chi connectivity index (χ4v) is 18.7. The molecule has 1 aliphatic heterocycles. The maximum absolute atomic E-state index is 12.2. The van der Waals surface area contributed by atoms with E-state index in [1.807, 2.05) is 32.7 Å². The van der Waals surface area contributed by atoms with Crippen molar-refractivity contribution >= 4 is 25.7 Å². The monoisotopic (exact) mass is 318 g/mol. The molecule has 0 radical (unpaired) electrons. The molecule has 0 unspecified atom stereocenters. The third-order valence-corrected chi connectivity index (χ3v) is 15.1. The van der Waals surface area contributed by atoms with Crippen LogP contribution in [0.1, 0.15) is 12.8 Å². The molecule has 0 aromatic carbocycles. The van der Waals surface area contributed by atoms with Crippen molar-refractivity contribution in [2.75, 3.05) is 0 Å². The molecule has 0 spiro atoms. The van der Waals surface area contributed by atoms with Gasteiger partial charge >= 0.3 is 31.9 Å². The molecule has 9 heteroatoms. The van der Waals surface area contributed by atoms with E-state index < -0.39 is 38.3 Å². The molecule has 0 aliphatic carbocycles. The van der Waals surface area contributed by atoms with Crippen molar-refractivity contribution in [3.05, 3.63) is 0 Å². The summed E-state index contributed by atoms with van der Waals surface area (Å²) in [7, 11) is -6.99. The Labute approximate surface area is 109 Å². The van der Waals surface area contributed by atoms with E-state index in [0.29, 0.717) is 6.04 Å². The normalized spacial score (nSPS) is 26.0. The minimum Gasteiger partial charge on any atom is -0.416 e. The van der Waals surface area contributed by atoms with Crippen molar-refractivity contribution in [2.24, 2.45) is 0 Å². The maximum atomic E-state index is 12.2. The predicted octanol–water partition coefficient (Wildman–Crippen LogP) is 3.87. The van der Waals surface area contributed by atoms with Gasteiger partial charge in [-0.2, -0.15) is 13.2 Å². The first-order valence-electron chi connectivity index (χ1n) is 6.00. The van der Waals surface area contributed by atoms with E-state index >= 15 is 0 Å². The van der Waals surface area contributed by atoms with Gasteiger partial charge in [-0.25, -0.2) is 0 Å². The highest BCUT2D eigenvalue weighted by atomic mass is 28.5. The molecule has 0 bridgehead atoms.